The van der Waals surface area contributed by atoms with Gasteiger partial charge in [-0.25, -0.2) is 9.37 Å². The lowest BCUT2D eigenvalue weighted by Crippen LogP contribution is -2.01. The molecule has 2 heterocycles. The summed E-state index contributed by atoms with van der Waals surface area (Å²) in [5.74, 6) is -0.155. The van der Waals surface area contributed by atoms with Gasteiger partial charge in [-0.05, 0) is 42.3 Å². The molecule has 0 saturated heterocycles. The van der Waals surface area contributed by atoms with Gasteiger partial charge >= 0.3 is 7.60 Å². The molecule has 28 heavy (non-hydrogen) atoms. The summed E-state index contributed by atoms with van der Waals surface area (Å²) in [7, 11) is -4.56. The van der Waals surface area contributed by atoms with Crippen LogP contribution in [-0.2, 0) is 11.0 Å². The molecule has 4 aromatic rings. The van der Waals surface area contributed by atoms with Crippen molar-refractivity contribution in [2.24, 2.45) is 0 Å². The molecule has 0 saturated carbocycles. The number of fused-ring (bicyclic) bond motifs is 1. The fraction of sp³-hybridized carbons (Fsp3) is 0.105. The molecule has 0 atom stereocenters. The molecule has 7 nitrogen and oxygen atoms in total. The van der Waals surface area contributed by atoms with E-state index < -0.39 is 18.9 Å². The van der Waals surface area contributed by atoms with Crippen molar-refractivity contribution in [2.75, 3.05) is 5.73 Å². The zero-order valence-corrected chi connectivity index (χ0v) is 15.7. The standard InChI is InChI=1S/C19H17FN3O4P/c1-2-11-10-13(20)16(21)17-18(11)23(12-6-4-3-5-7-12)19(22-17)14-8-9-15(27-14)28(24,25)26/h3-10H,2,21H2,1H3,(H2,24,25,26). The van der Waals surface area contributed by atoms with E-state index in [1.54, 1.807) is 4.57 Å². The summed E-state index contributed by atoms with van der Waals surface area (Å²) < 4.78 is 33.0. The first-order valence-corrected chi connectivity index (χ1v) is 10.1. The summed E-state index contributed by atoms with van der Waals surface area (Å²) in [5, 5.41) is 0. The van der Waals surface area contributed by atoms with Gasteiger partial charge in [0.1, 0.15) is 11.3 Å². The van der Waals surface area contributed by atoms with Gasteiger partial charge in [-0.1, -0.05) is 25.1 Å². The maximum atomic E-state index is 14.3. The fourth-order valence-corrected chi connectivity index (χ4v) is 3.67. The summed E-state index contributed by atoms with van der Waals surface area (Å²) in [4.78, 5) is 23.2. The number of para-hydroxylation sites is 1. The smallest absolute Gasteiger partial charge is 0.391 e. The maximum Gasteiger partial charge on any atom is 0.391 e. The van der Waals surface area contributed by atoms with Crippen LogP contribution in [0.5, 0.6) is 0 Å². The maximum absolute atomic E-state index is 14.3. The summed E-state index contributed by atoms with van der Waals surface area (Å²) in [6.07, 6.45) is 0.539. The van der Waals surface area contributed by atoms with E-state index in [0.29, 0.717) is 17.5 Å². The average Bonchev–Trinajstić information content (AvgIpc) is 3.30. The lowest BCUT2D eigenvalue weighted by molar-refractivity contribution is 0.377. The molecular weight excluding hydrogens is 384 g/mol. The van der Waals surface area contributed by atoms with E-state index in [4.69, 9.17) is 10.2 Å². The number of halogens is 1. The van der Waals surface area contributed by atoms with Crippen LogP contribution in [0.15, 0.2) is 52.9 Å². The number of rotatable bonds is 4. The average molecular weight is 401 g/mol. The zero-order chi connectivity index (χ0) is 20.1. The number of aromatic nitrogens is 2. The number of nitrogens with zero attached hydrogens (tertiary/aromatic N) is 2. The Morgan fingerprint density at radius 2 is 1.93 bits per heavy atom. The quantitative estimate of drug-likeness (QED) is 0.357. The lowest BCUT2D eigenvalue weighted by atomic mass is 10.1. The van der Waals surface area contributed by atoms with Crippen LogP contribution in [0.2, 0.25) is 0 Å². The highest BCUT2D eigenvalue weighted by Crippen LogP contribution is 2.38. The van der Waals surface area contributed by atoms with Gasteiger partial charge in [0.15, 0.2) is 11.6 Å². The summed E-state index contributed by atoms with van der Waals surface area (Å²) in [6.45, 7) is 1.89. The Morgan fingerprint density at radius 1 is 1.21 bits per heavy atom. The highest BCUT2D eigenvalue weighted by Gasteiger charge is 2.26. The SMILES string of the molecule is CCc1cc(F)c(N)c2nc(-c3ccc(P(=O)(O)O)o3)n(-c3ccccc3)c12. The van der Waals surface area contributed by atoms with Crippen LogP contribution in [0.4, 0.5) is 10.1 Å². The van der Waals surface area contributed by atoms with Gasteiger partial charge in [0, 0.05) is 5.69 Å². The highest BCUT2D eigenvalue weighted by molar-refractivity contribution is 7.59. The number of benzene rings is 2. The molecule has 9 heteroatoms. The number of furan rings is 1. The van der Waals surface area contributed by atoms with Gasteiger partial charge in [-0.15, -0.1) is 0 Å². The number of hydrogen-bond donors (Lipinski definition) is 3. The zero-order valence-electron chi connectivity index (χ0n) is 14.8. The van der Waals surface area contributed by atoms with Crippen LogP contribution in [0, 0.1) is 5.82 Å². The van der Waals surface area contributed by atoms with Crippen molar-refractivity contribution in [3.63, 3.8) is 0 Å². The molecule has 0 unspecified atom stereocenters. The van der Waals surface area contributed by atoms with Crippen molar-refractivity contribution < 1.29 is 23.2 Å². The molecular formula is C19H17FN3O4P. The second kappa shape index (κ2) is 6.60. The third-order valence-electron chi connectivity index (χ3n) is 4.49. The number of imidazole rings is 1. The van der Waals surface area contributed by atoms with Crippen LogP contribution in [-0.4, -0.2) is 19.3 Å². The third-order valence-corrected chi connectivity index (χ3v) is 5.30. The second-order valence-electron chi connectivity index (χ2n) is 6.27. The largest absolute Gasteiger partial charge is 0.445 e. The van der Waals surface area contributed by atoms with Gasteiger partial charge in [0.2, 0.25) is 5.50 Å². The van der Waals surface area contributed by atoms with E-state index >= 15 is 0 Å². The van der Waals surface area contributed by atoms with Crippen molar-refractivity contribution in [3.8, 4) is 17.3 Å². The lowest BCUT2D eigenvalue weighted by Gasteiger charge is -2.11. The summed E-state index contributed by atoms with van der Waals surface area (Å²) in [5.41, 5.74) is 7.71. The van der Waals surface area contributed by atoms with Gasteiger partial charge < -0.3 is 19.9 Å². The summed E-state index contributed by atoms with van der Waals surface area (Å²) >= 11 is 0. The van der Waals surface area contributed by atoms with Crippen molar-refractivity contribution in [1.29, 1.82) is 0 Å². The predicted molar refractivity (Wildman–Crippen MR) is 104 cm³/mol. The molecule has 0 aliphatic heterocycles. The summed E-state index contributed by atoms with van der Waals surface area (Å²) in [6, 6.07) is 13.2. The third kappa shape index (κ3) is 2.92. The second-order valence-corrected chi connectivity index (χ2v) is 7.80. The number of aryl methyl sites for hydroxylation is 1. The van der Waals surface area contributed by atoms with Crippen LogP contribution in [0.3, 0.4) is 0 Å². The minimum Gasteiger partial charge on any atom is -0.445 e. The van der Waals surface area contributed by atoms with Crippen LogP contribution in [0.1, 0.15) is 12.5 Å². The van der Waals surface area contributed by atoms with Crippen molar-refractivity contribution >= 4 is 29.8 Å². The van der Waals surface area contributed by atoms with Gasteiger partial charge in [-0.2, -0.15) is 0 Å². The number of anilines is 1. The molecule has 4 N–H and O–H groups in total. The van der Waals surface area contributed by atoms with E-state index in [1.807, 2.05) is 37.3 Å². The molecule has 0 fully saturated rings. The van der Waals surface area contributed by atoms with E-state index in [0.717, 1.165) is 5.69 Å². The van der Waals surface area contributed by atoms with E-state index in [9.17, 15) is 18.7 Å². The first kappa shape index (κ1) is 18.4. The van der Waals surface area contributed by atoms with Crippen molar-refractivity contribution in [3.05, 3.63) is 59.9 Å². The number of nitrogen functional groups attached to an aromatic ring is 1. The van der Waals surface area contributed by atoms with Crippen molar-refractivity contribution in [1.82, 2.24) is 9.55 Å². The predicted octanol–water partition coefficient (Wildman–Crippen LogP) is 3.37. The monoisotopic (exact) mass is 401 g/mol. The molecule has 0 amide bonds. The first-order chi connectivity index (χ1) is 13.3. The number of nitrogens with two attached hydrogens (primary N) is 1. The van der Waals surface area contributed by atoms with Crippen LogP contribution >= 0.6 is 7.60 Å². The molecule has 0 radical (unpaired) electrons. The van der Waals surface area contributed by atoms with E-state index in [-0.39, 0.29) is 22.8 Å². The molecule has 0 aliphatic rings. The Kier molecular flexibility index (Phi) is 4.34. The molecule has 144 valence electrons. The van der Waals surface area contributed by atoms with Gasteiger partial charge in [-0.3, -0.25) is 9.13 Å². The first-order valence-electron chi connectivity index (χ1n) is 8.52. The Bertz CT molecular complexity index is 1230. The Labute approximate surface area is 159 Å². The van der Waals surface area contributed by atoms with Gasteiger partial charge in [0.05, 0.1) is 11.2 Å². The van der Waals surface area contributed by atoms with Crippen LogP contribution in [0.25, 0.3) is 28.3 Å². The minimum atomic E-state index is -4.56. The number of hydrogen-bond acceptors (Lipinski definition) is 4. The Hall–Kier alpha value is -2.93. The molecule has 4 rings (SSSR count). The normalized spacial score (nSPS) is 12.0. The molecule has 2 aromatic heterocycles. The van der Waals surface area contributed by atoms with Crippen LogP contribution < -0.4 is 11.2 Å². The topological polar surface area (TPSA) is 115 Å². The molecule has 0 bridgehead atoms. The van der Waals surface area contributed by atoms with E-state index in [2.05, 4.69) is 4.98 Å². The van der Waals surface area contributed by atoms with Crippen molar-refractivity contribution in [2.45, 2.75) is 13.3 Å². The molecule has 0 aliphatic carbocycles. The minimum absolute atomic E-state index is 0.0927. The van der Waals surface area contributed by atoms with Gasteiger partial charge in [0.25, 0.3) is 0 Å². The highest BCUT2D eigenvalue weighted by atomic mass is 31.2. The Morgan fingerprint density at radius 3 is 2.54 bits per heavy atom. The molecule has 2 aromatic carbocycles. The Balaban J connectivity index is 2.10. The fourth-order valence-electron chi connectivity index (χ4n) is 3.18. The van der Waals surface area contributed by atoms with E-state index in [1.165, 1.54) is 18.2 Å². The molecule has 0 spiro atoms.